The Bertz CT molecular complexity index is 360. The summed E-state index contributed by atoms with van der Waals surface area (Å²) in [5, 5.41) is 4.50. The lowest BCUT2D eigenvalue weighted by atomic mass is 10.0. The zero-order valence-electron chi connectivity index (χ0n) is 11.1. The summed E-state index contributed by atoms with van der Waals surface area (Å²) in [5.74, 6) is 6.26. The van der Waals surface area contributed by atoms with Gasteiger partial charge >= 0.3 is 0 Å². The van der Waals surface area contributed by atoms with E-state index in [0.29, 0.717) is 12.0 Å². The fourth-order valence-corrected chi connectivity index (χ4v) is 2.52. The fourth-order valence-electron chi connectivity index (χ4n) is 2.08. The number of hydrogen-bond donors (Lipinski definition) is 2. The van der Waals surface area contributed by atoms with Crippen molar-refractivity contribution in [2.75, 3.05) is 0 Å². The van der Waals surface area contributed by atoms with Crippen LogP contribution in [0.15, 0.2) is 4.47 Å². The van der Waals surface area contributed by atoms with Gasteiger partial charge in [-0.25, -0.2) is 0 Å². The van der Waals surface area contributed by atoms with Crippen molar-refractivity contribution >= 4 is 15.9 Å². The van der Waals surface area contributed by atoms with Crippen LogP contribution in [0.3, 0.4) is 0 Å². The van der Waals surface area contributed by atoms with Gasteiger partial charge in [-0.2, -0.15) is 5.10 Å². The number of hydrogen-bond acceptors (Lipinski definition) is 3. The van der Waals surface area contributed by atoms with Crippen LogP contribution in [0.1, 0.15) is 38.6 Å². The SMILES string of the molecule is CCn1nc(C)c(Br)c1CC(CC(C)C)NN. The second-order valence-corrected chi connectivity index (χ2v) is 5.65. The van der Waals surface area contributed by atoms with Crippen molar-refractivity contribution in [2.24, 2.45) is 11.8 Å². The Hall–Kier alpha value is -0.390. The third-order valence-corrected chi connectivity index (χ3v) is 3.92. The van der Waals surface area contributed by atoms with Crippen LogP contribution >= 0.6 is 15.9 Å². The molecule has 0 aliphatic carbocycles. The molecule has 4 nitrogen and oxygen atoms in total. The Morgan fingerprint density at radius 1 is 1.47 bits per heavy atom. The molecule has 0 radical (unpaired) electrons. The van der Waals surface area contributed by atoms with Gasteiger partial charge in [0.25, 0.3) is 0 Å². The molecule has 1 unspecified atom stereocenters. The van der Waals surface area contributed by atoms with Gasteiger partial charge in [0.2, 0.25) is 0 Å². The van der Waals surface area contributed by atoms with E-state index in [1.54, 1.807) is 0 Å². The maximum atomic E-state index is 5.62. The molecule has 0 saturated heterocycles. The Balaban J connectivity index is 2.84. The molecule has 1 rings (SSSR count). The topological polar surface area (TPSA) is 55.9 Å². The highest BCUT2D eigenvalue weighted by atomic mass is 79.9. The lowest BCUT2D eigenvalue weighted by molar-refractivity contribution is 0.412. The van der Waals surface area contributed by atoms with E-state index in [1.165, 1.54) is 5.69 Å². The molecule has 17 heavy (non-hydrogen) atoms. The van der Waals surface area contributed by atoms with Gasteiger partial charge in [-0.1, -0.05) is 13.8 Å². The average molecular weight is 303 g/mol. The summed E-state index contributed by atoms with van der Waals surface area (Å²) >= 11 is 3.61. The maximum absolute atomic E-state index is 5.62. The monoisotopic (exact) mass is 302 g/mol. The molecule has 1 atom stereocenters. The number of hydrazine groups is 1. The molecule has 0 saturated carbocycles. The molecule has 1 aromatic heterocycles. The highest BCUT2D eigenvalue weighted by molar-refractivity contribution is 9.10. The second-order valence-electron chi connectivity index (χ2n) is 4.86. The van der Waals surface area contributed by atoms with E-state index in [1.807, 2.05) is 11.6 Å². The van der Waals surface area contributed by atoms with Crippen LogP contribution in [0.5, 0.6) is 0 Å². The molecule has 3 N–H and O–H groups in total. The zero-order chi connectivity index (χ0) is 13.0. The smallest absolute Gasteiger partial charge is 0.0738 e. The van der Waals surface area contributed by atoms with Crippen LogP contribution < -0.4 is 11.3 Å². The number of halogens is 1. The van der Waals surface area contributed by atoms with E-state index >= 15 is 0 Å². The summed E-state index contributed by atoms with van der Waals surface area (Å²) in [6.07, 6.45) is 1.97. The first-order valence-corrected chi connectivity index (χ1v) is 6.96. The summed E-state index contributed by atoms with van der Waals surface area (Å²) in [6, 6.07) is 0.299. The van der Waals surface area contributed by atoms with Gasteiger partial charge in [0.1, 0.15) is 0 Å². The number of aryl methyl sites for hydroxylation is 2. The van der Waals surface area contributed by atoms with Gasteiger partial charge in [-0.3, -0.25) is 16.0 Å². The van der Waals surface area contributed by atoms with E-state index in [2.05, 4.69) is 47.2 Å². The molecular formula is C12H23BrN4. The van der Waals surface area contributed by atoms with Crippen molar-refractivity contribution in [3.05, 3.63) is 15.9 Å². The first kappa shape index (κ1) is 14.7. The summed E-state index contributed by atoms with van der Waals surface area (Å²) in [7, 11) is 0. The molecule has 5 heteroatoms. The van der Waals surface area contributed by atoms with Gasteiger partial charge in [0.15, 0.2) is 0 Å². The quantitative estimate of drug-likeness (QED) is 0.627. The largest absolute Gasteiger partial charge is 0.271 e. The van der Waals surface area contributed by atoms with Gasteiger partial charge in [-0.05, 0) is 42.1 Å². The van der Waals surface area contributed by atoms with Crippen molar-refractivity contribution in [3.8, 4) is 0 Å². The molecule has 1 heterocycles. The van der Waals surface area contributed by atoms with Crippen molar-refractivity contribution in [3.63, 3.8) is 0 Å². The summed E-state index contributed by atoms with van der Waals surface area (Å²) in [4.78, 5) is 0. The third-order valence-electron chi connectivity index (χ3n) is 2.88. The van der Waals surface area contributed by atoms with Crippen molar-refractivity contribution in [2.45, 2.75) is 53.1 Å². The highest BCUT2D eigenvalue weighted by Crippen LogP contribution is 2.23. The first-order valence-electron chi connectivity index (χ1n) is 6.17. The first-order chi connectivity index (χ1) is 7.99. The van der Waals surface area contributed by atoms with Crippen LogP contribution in [0, 0.1) is 12.8 Å². The molecule has 0 amide bonds. The van der Waals surface area contributed by atoms with Crippen LogP contribution in [-0.4, -0.2) is 15.8 Å². The Morgan fingerprint density at radius 2 is 2.12 bits per heavy atom. The van der Waals surface area contributed by atoms with Crippen LogP contribution in [0.4, 0.5) is 0 Å². The van der Waals surface area contributed by atoms with Crippen LogP contribution in [0.2, 0.25) is 0 Å². The second kappa shape index (κ2) is 6.52. The number of rotatable bonds is 6. The molecule has 1 aromatic rings. The number of nitrogens with two attached hydrogens (primary N) is 1. The van der Waals surface area contributed by atoms with E-state index in [-0.39, 0.29) is 0 Å². The van der Waals surface area contributed by atoms with Gasteiger partial charge in [0.05, 0.1) is 15.9 Å². The molecule has 0 spiro atoms. The Morgan fingerprint density at radius 3 is 2.59 bits per heavy atom. The predicted molar refractivity (Wildman–Crippen MR) is 74.6 cm³/mol. The van der Waals surface area contributed by atoms with E-state index in [0.717, 1.165) is 29.6 Å². The van der Waals surface area contributed by atoms with E-state index < -0.39 is 0 Å². The summed E-state index contributed by atoms with van der Waals surface area (Å²) < 4.78 is 3.16. The Labute approximate surface area is 112 Å². The molecule has 98 valence electrons. The van der Waals surface area contributed by atoms with E-state index in [9.17, 15) is 0 Å². The van der Waals surface area contributed by atoms with Crippen LogP contribution in [0.25, 0.3) is 0 Å². The molecule has 0 aliphatic heterocycles. The molecule has 0 fully saturated rings. The van der Waals surface area contributed by atoms with Gasteiger partial charge in [0, 0.05) is 19.0 Å². The minimum Gasteiger partial charge on any atom is -0.271 e. The fraction of sp³-hybridized carbons (Fsp3) is 0.750. The summed E-state index contributed by atoms with van der Waals surface area (Å²) in [5.41, 5.74) is 5.18. The standard InChI is InChI=1S/C12H23BrN4/c1-5-17-11(12(13)9(4)16-17)7-10(15-14)6-8(2)3/h8,10,15H,5-7,14H2,1-4H3. The third kappa shape index (κ3) is 3.79. The molecular weight excluding hydrogens is 280 g/mol. The number of nitrogens with one attached hydrogen (secondary N) is 1. The lowest BCUT2D eigenvalue weighted by Crippen LogP contribution is -2.38. The predicted octanol–water partition coefficient (Wildman–Crippen LogP) is 2.39. The van der Waals surface area contributed by atoms with Crippen molar-refractivity contribution in [1.82, 2.24) is 15.2 Å². The molecule has 0 bridgehead atoms. The minimum absolute atomic E-state index is 0.299. The molecule has 0 aromatic carbocycles. The van der Waals surface area contributed by atoms with Crippen LogP contribution in [-0.2, 0) is 13.0 Å². The normalized spacial score (nSPS) is 13.4. The van der Waals surface area contributed by atoms with E-state index in [4.69, 9.17) is 5.84 Å². The lowest BCUT2D eigenvalue weighted by Gasteiger charge is -2.18. The van der Waals surface area contributed by atoms with Gasteiger partial charge < -0.3 is 0 Å². The highest BCUT2D eigenvalue weighted by Gasteiger charge is 2.17. The number of aromatic nitrogens is 2. The van der Waals surface area contributed by atoms with Crippen molar-refractivity contribution in [1.29, 1.82) is 0 Å². The Kier molecular flexibility index (Phi) is 5.62. The zero-order valence-corrected chi connectivity index (χ0v) is 12.7. The van der Waals surface area contributed by atoms with Crippen molar-refractivity contribution < 1.29 is 0 Å². The summed E-state index contributed by atoms with van der Waals surface area (Å²) in [6.45, 7) is 9.44. The molecule has 0 aliphatic rings. The maximum Gasteiger partial charge on any atom is 0.0738 e. The minimum atomic E-state index is 0.299. The average Bonchev–Trinajstić information content (AvgIpc) is 2.55. The number of nitrogens with zero attached hydrogens (tertiary/aromatic N) is 2. The van der Waals surface area contributed by atoms with Gasteiger partial charge in [-0.15, -0.1) is 0 Å².